The van der Waals surface area contributed by atoms with Crippen LogP contribution in [0.2, 0.25) is 0 Å². The van der Waals surface area contributed by atoms with Gasteiger partial charge in [0.25, 0.3) is 0 Å². The molecule has 1 atom stereocenters. The number of rotatable bonds is 5. The number of benzene rings is 1. The Morgan fingerprint density at radius 3 is 2.57 bits per heavy atom. The van der Waals surface area contributed by atoms with Gasteiger partial charge in [-0.1, -0.05) is 0 Å². The minimum atomic E-state index is -0.243. The van der Waals surface area contributed by atoms with Crippen LogP contribution in [-0.2, 0) is 0 Å². The molecular weight excluding hydrogens is 181 g/mol. The fourth-order valence-corrected chi connectivity index (χ4v) is 1.13. The molecule has 0 spiro atoms. The third kappa shape index (κ3) is 4.23. The second-order valence-corrected chi connectivity index (χ2v) is 3.42. The molecule has 0 radical (unpaired) electrons. The van der Waals surface area contributed by atoms with Gasteiger partial charge in [-0.25, -0.2) is 4.39 Å². The Hall–Kier alpha value is -1.09. The lowest BCUT2D eigenvalue weighted by Crippen LogP contribution is -2.15. The van der Waals surface area contributed by atoms with E-state index >= 15 is 0 Å². The molecule has 14 heavy (non-hydrogen) atoms. The molecule has 78 valence electrons. The zero-order valence-electron chi connectivity index (χ0n) is 8.37. The molecule has 1 aromatic rings. The van der Waals surface area contributed by atoms with E-state index in [9.17, 15) is 4.39 Å². The molecule has 1 rings (SSSR count). The van der Waals surface area contributed by atoms with E-state index in [2.05, 4.69) is 0 Å². The number of hydrogen-bond donors (Lipinski definition) is 1. The van der Waals surface area contributed by atoms with E-state index in [4.69, 9.17) is 10.5 Å². The SMILES string of the molecule is CC(N)CCCOc1ccc(F)cc1. The van der Waals surface area contributed by atoms with E-state index in [1.807, 2.05) is 6.92 Å². The predicted octanol–water partition coefficient (Wildman–Crippen LogP) is 2.33. The smallest absolute Gasteiger partial charge is 0.123 e. The van der Waals surface area contributed by atoms with E-state index in [1.54, 1.807) is 12.1 Å². The Morgan fingerprint density at radius 2 is 2.00 bits per heavy atom. The Balaban J connectivity index is 2.21. The van der Waals surface area contributed by atoms with Crippen molar-refractivity contribution in [1.29, 1.82) is 0 Å². The molecule has 2 nitrogen and oxygen atoms in total. The highest BCUT2D eigenvalue weighted by atomic mass is 19.1. The van der Waals surface area contributed by atoms with Crippen LogP contribution in [0.3, 0.4) is 0 Å². The van der Waals surface area contributed by atoms with Crippen LogP contribution in [0.4, 0.5) is 4.39 Å². The number of ether oxygens (including phenoxy) is 1. The average molecular weight is 197 g/mol. The Kier molecular flexibility index (Phi) is 4.40. The van der Waals surface area contributed by atoms with E-state index in [1.165, 1.54) is 12.1 Å². The summed E-state index contributed by atoms with van der Waals surface area (Å²) >= 11 is 0. The zero-order chi connectivity index (χ0) is 10.4. The van der Waals surface area contributed by atoms with Gasteiger partial charge in [-0.15, -0.1) is 0 Å². The molecule has 0 saturated heterocycles. The van der Waals surface area contributed by atoms with Crippen molar-refractivity contribution in [2.24, 2.45) is 5.73 Å². The maximum absolute atomic E-state index is 12.5. The van der Waals surface area contributed by atoms with Gasteiger partial charge in [0.2, 0.25) is 0 Å². The van der Waals surface area contributed by atoms with Crippen LogP contribution in [0.15, 0.2) is 24.3 Å². The van der Waals surface area contributed by atoms with Crippen LogP contribution in [0.25, 0.3) is 0 Å². The molecule has 0 fully saturated rings. The van der Waals surface area contributed by atoms with Gasteiger partial charge in [0.05, 0.1) is 6.61 Å². The molecule has 0 aromatic heterocycles. The van der Waals surface area contributed by atoms with Gasteiger partial charge in [-0.2, -0.15) is 0 Å². The highest BCUT2D eigenvalue weighted by Gasteiger charge is 1.96. The molecule has 3 heteroatoms. The van der Waals surface area contributed by atoms with Gasteiger partial charge >= 0.3 is 0 Å². The predicted molar refractivity (Wildman–Crippen MR) is 54.8 cm³/mol. The summed E-state index contributed by atoms with van der Waals surface area (Å²) in [5, 5.41) is 0. The first-order valence-corrected chi connectivity index (χ1v) is 4.82. The summed E-state index contributed by atoms with van der Waals surface area (Å²) in [5.41, 5.74) is 5.59. The van der Waals surface area contributed by atoms with Gasteiger partial charge in [-0.3, -0.25) is 0 Å². The second-order valence-electron chi connectivity index (χ2n) is 3.42. The first-order valence-electron chi connectivity index (χ1n) is 4.82. The summed E-state index contributed by atoms with van der Waals surface area (Å²) in [7, 11) is 0. The average Bonchev–Trinajstić information content (AvgIpc) is 2.15. The van der Waals surface area contributed by atoms with Crippen LogP contribution in [0, 0.1) is 5.82 Å². The molecule has 0 saturated carbocycles. The molecular formula is C11H16FNO. The lowest BCUT2D eigenvalue weighted by atomic mass is 10.2. The first-order chi connectivity index (χ1) is 6.68. The van der Waals surface area contributed by atoms with Gasteiger partial charge < -0.3 is 10.5 Å². The second kappa shape index (κ2) is 5.60. The van der Waals surface area contributed by atoms with Crippen LogP contribution in [0.5, 0.6) is 5.75 Å². The molecule has 0 bridgehead atoms. The van der Waals surface area contributed by atoms with Gasteiger partial charge in [0, 0.05) is 6.04 Å². The lowest BCUT2D eigenvalue weighted by molar-refractivity contribution is 0.302. The normalized spacial score (nSPS) is 12.5. The largest absolute Gasteiger partial charge is 0.494 e. The van der Waals surface area contributed by atoms with Crippen molar-refractivity contribution in [3.8, 4) is 5.75 Å². The number of nitrogens with two attached hydrogens (primary N) is 1. The van der Waals surface area contributed by atoms with Gasteiger partial charge in [0.15, 0.2) is 0 Å². The summed E-state index contributed by atoms with van der Waals surface area (Å²) in [6, 6.07) is 6.25. The summed E-state index contributed by atoms with van der Waals surface area (Å²) in [6.07, 6.45) is 1.87. The van der Waals surface area contributed by atoms with E-state index in [0.717, 1.165) is 12.8 Å². The van der Waals surface area contributed by atoms with Crippen LogP contribution < -0.4 is 10.5 Å². The summed E-state index contributed by atoms with van der Waals surface area (Å²) in [5.74, 6) is 0.462. The standard InChI is InChI=1S/C11H16FNO/c1-9(13)3-2-8-14-11-6-4-10(12)5-7-11/h4-7,9H,2-3,8,13H2,1H3. The first kappa shape index (κ1) is 11.0. The molecule has 0 amide bonds. The summed E-state index contributed by atoms with van der Waals surface area (Å²) < 4.78 is 17.9. The third-order valence-electron chi connectivity index (χ3n) is 1.89. The Bertz CT molecular complexity index is 258. The van der Waals surface area contributed by atoms with Crippen LogP contribution in [-0.4, -0.2) is 12.6 Å². The molecule has 1 unspecified atom stereocenters. The Labute approximate surface area is 83.9 Å². The van der Waals surface area contributed by atoms with Crippen molar-refractivity contribution in [1.82, 2.24) is 0 Å². The topological polar surface area (TPSA) is 35.2 Å². The van der Waals surface area contributed by atoms with Crippen molar-refractivity contribution < 1.29 is 9.13 Å². The lowest BCUT2D eigenvalue weighted by Gasteiger charge is -2.07. The van der Waals surface area contributed by atoms with Gasteiger partial charge in [0.1, 0.15) is 11.6 Å². The molecule has 0 aliphatic rings. The Morgan fingerprint density at radius 1 is 1.36 bits per heavy atom. The fourth-order valence-electron chi connectivity index (χ4n) is 1.13. The molecule has 1 aromatic carbocycles. The molecule has 0 aliphatic carbocycles. The van der Waals surface area contributed by atoms with E-state index < -0.39 is 0 Å². The van der Waals surface area contributed by atoms with Crippen LogP contribution >= 0.6 is 0 Å². The van der Waals surface area contributed by atoms with E-state index in [-0.39, 0.29) is 11.9 Å². The molecule has 0 aliphatic heterocycles. The minimum Gasteiger partial charge on any atom is -0.494 e. The van der Waals surface area contributed by atoms with E-state index in [0.29, 0.717) is 12.4 Å². The summed E-state index contributed by atoms with van der Waals surface area (Å²) in [4.78, 5) is 0. The van der Waals surface area contributed by atoms with Gasteiger partial charge in [-0.05, 0) is 44.0 Å². The molecule has 0 heterocycles. The third-order valence-corrected chi connectivity index (χ3v) is 1.89. The van der Waals surface area contributed by atoms with Crippen molar-refractivity contribution in [3.63, 3.8) is 0 Å². The van der Waals surface area contributed by atoms with Crippen molar-refractivity contribution >= 4 is 0 Å². The van der Waals surface area contributed by atoms with Crippen molar-refractivity contribution in [3.05, 3.63) is 30.1 Å². The maximum atomic E-state index is 12.5. The van der Waals surface area contributed by atoms with Crippen molar-refractivity contribution in [2.75, 3.05) is 6.61 Å². The fraction of sp³-hybridized carbons (Fsp3) is 0.455. The minimum absolute atomic E-state index is 0.215. The number of halogens is 1. The maximum Gasteiger partial charge on any atom is 0.123 e. The summed E-state index contributed by atoms with van der Waals surface area (Å²) in [6.45, 7) is 2.60. The van der Waals surface area contributed by atoms with Crippen molar-refractivity contribution in [2.45, 2.75) is 25.8 Å². The monoisotopic (exact) mass is 197 g/mol. The molecule has 2 N–H and O–H groups in total. The zero-order valence-corrected chi connectivity index (χ0v) is 8.37. The highest BCUT2D eigenvalue weighted by molar-refractivity contribution is 5.21. The highest BCUT2D eigenvalue weighted by Crippen LogP contribution is 2.11. The number of hydrogen-bond acceptors (Lipinski definition) is 2. The quantitative estimate of drug-likeness (QED) is 0.735. The van der Waals surface area contributed by atoms with Crippen LogP contribution in [0.1, 0.15) is 19.8 Å².